The van der Waals surface area contributed by atoms with Gasteiger partial charge in [0, 0.05) is 18.0 Å². The van der Waals surface area contributed by atoms with Crippen molar-refractivity contribution in [3.8, 4) is 11.1 Å². The number of benzene rings is 1. The Hall–Kier alpha value is -2.03. The van der Waals surface area contributed by atoms with Gasteiger partial charge in [0.2, 0.25) is 0 Å². The first-order valence-electron chi connectivity index (χ1n) is 5.63. The van der Waals surface area contributed by atoms with Crippen LogP contribution in [0, 0.1) is 0 Å². The molecule has 1 aromatic heterocycles. The highest BCUT2D eigenvalue weighted by Crippen LogP contribution is 2.23. The number of ether oxygens (including phenoxy) is 1. The highest BCUT2D eigenvalue weighted by molar-refractivity contribution is 5.97. The Labute approximate surface area is 101 Å². The summed E-state index contributed by atoms with van der Waals surface area (Å²) >= 11 is 0. The minimum atomic E-state index is -0.324. The van der Waals surface area contributed by atoms with Crippen molar-refractivity contribution in [2.24, 2.45) is 0 Å². The van der Waals surface area contributed by atoms with E-state index in [1.807, 2.05) is 44.2 Å². The maximum atomic E-state index is 11.4. The Morgan fingerprint density at radius 2 is 1.76 bits per heavy atom. The number of carbonyl (C=O) groups excluding carboxylic acids is 1. The van der Waals surface area contributed by atoms with E-state index in [1.165, 1.54) is 7.11 Å². The fraction of sp³-hybridized carbons (Fsp3) is 0.214. The van der Waals surface area contributed by atoms with Crippen LogP contribution in [0.4, 0.5) is 0 Å². The minimum Gasteiger partial charge on any atom is -0.465 e. The molecule has 0 saturated carbocycles. The predicted molar refractivity (Wildman–Crippen MR) is 68.9 cm³/mol. The van der Waals surface area contributed by atoms with Crippen molar-refractivity contribution in [3.05, 3.63) is 48.3 Å². The molecule has 0 aliphatic heterocycles. The topological polar surface area (TPSA) is 42.1 Å². The molecule has 1 aromatic carbocycles. The van der Waals surface area contributed by atoms with Crippen molar-refractivity contribution >= 4 is 5.97 Å². The molecule has 0 aliphatic carbocycles. The fourth-order valence-corrected chi connectivity index (χ4v) is 1.50. The lowest BCUT2D eigenvalue weighted by atomic mass is 10.1. The number of aromatic nitrogens is 1. The molecule has 2 aromatic rings. The average Bonchev–Trinajstić information content (AvgIpc) is 2.90. The zero-order chi connectivity index (χ0) is 12.7. The lowest BCUT2D eigenvalue weighted by Crippen LogP contribution is -2.00. The van der Waals surface area contributed by atoms with E-state index in [9.17, 15) is 4.79 Å². The summed E-state index contributed by atoms with van der Waals surface area (Å²) in [5, 5.41) is 0. The van der Waals surface area contributed by atoms with E-state index in [2.05, 4.69) is 4.98 Å². The van der Waals surface area contributed by atoms with Crippen LogP contribution in [0.2, 0.25) is 0 Å². The number of hydrogen-bond donors (Lipinski definition) is 1. The number of hydrogen-bond acceptors (Lipinski definition) is 2. The molecule has 0 unspecified atom stereocenters. The summed E-state index contributed by atoms with van der Waals surface area (Å²) in [5.74, 6) is -0.324. The fourth-order valence-electron chi connectivity index (χ4n) is 1.50. The Bertz CT molecular complexity index is 460. The summed E-state index contributed by atoms with van der Waals surface area (Å²) < 4.78 is 4.70. The van der Waals surface area contributed by atoms with E-state index >= 15 is 0 Å². The molecule has 90 valence electrons. The molecule has 0 amide bonds. The normalized spacial score (nSPS) is 9.12. The van der Waals surface area contributed by atoms with Gasteiger partial charge in [-0.15, -0.1) is 0 Å². The molecule has 0 fully saturated rings. The lowest BCUT2D eigenvalue weighted by Gasteiger charge is -2.01. The quantitative estimate of drug-likeness (QED) is 0.804. The highest BCUT2D eigenvalue weighted by atomic mass is 16.5. The molecule has 0 bridgehead atoms. The third kappa shape index (κ3) is 2.97. The molecule has 2 rings (SSSR count). The van der Waals surface area contributed by atoms with Crippen LogP contribution in [0.1, 0.15) is 24.2 Å². The first-order chi connectivity index (χ1) is 8.33. The maximum Gasteiger partial charge on any atom is 0.340 e. The molecule has 3 heteroatoms. The number of carbonyl (C=O) groups is 1. The van der Waals surface area contributed by atoms with Gasteiger partial charge in [-0.05, 0) is 5.56 Å². The number of H-pyrrole nitrogens is 1. The number of aromatic amines is 1. The molecule has 1 N–H and O–H groups in total. The second-order valence-corrected chi connectivity index (χ2v) is 3.14. The first kappa shape index (κ1) is 13.0. The van der Waals surface area contributed by atoms with E-state index in [4.69, 9.17) is 4.74 Å². The van der Waals surface area contributed by atoms with Gasteiger partial charge in [-0.3, -0.25) is 0 Å². The first-order valence-corrected chi connectivity index (χ1v) is 5.63. The van der Waals surface area contributed by atoms with Crippen molar-refractivity contribution in [3.63, 3.8) is 0 Å². The molecular weight excluding hydrogens is 214 g/mol. The van der Waals surface area contributed by atoms with Crippen molar-refractivity contribution in [1.29, 1.82) is 0 Å². The van der Waals surface area contributed by atoms with Gasteiger partial charge in [0.15, 0.2) is 0 Å². The third-order valence-corrected chi connectivity index (χ3v) is 2.24. The molecule has 0 spiro atoms. The zero-order valence-corrected chi connectivity index (χ0v) is 10.4. The van der Waals surface area contributed by atoms with Gasteiger partial charge in [-0.2, -0.15) is 0 Å². The van der Waals surface area contributed by atoms with E-state index in [0.717, 1.165) is 11.1 Å². The number of nitrogens with one attached hydrogen (secondary N) is 1. The van der Waals surface area contributed by atoms with Crippen LogP contribution in [-0.4, -0.2) is 18.1 Å². The summed E-state index contributed by atoms with van der Waals surface area (Å²) in [6.45, 7) is 4.00. The number of methoxy groups -OCH3 is 1. The van der Waals surface area contributed by atoms with Crippen LogP contribution in [0.15, 0.2) is 42.7 Å². The van der Waals surface area contributed by atoms with Gasteiger partial charge in [0.1, 0.15) is 0 Å². The van der Waals surface area contributed by atoms with Crippen LogP contribution in [0.5, 0.6) is 0 Å². The molecule has 0 radical (unpaired) electrons. The van der Waals surface area contributed by atoms with Crippen molar-refractivity contribution in [1.82, 2.24) is 4.98 Å². The third-order valence-electron chi connectivity index (χ3n) is 2.24. The summed E-state index contributed by atoms with van der Waals surface area (Å²) in [6, 6.07) is 9.71. The zero-order valence-electron chi connectivity index (χ0n) is 10.4. The lowest BCUT2D eigenvalue weighted by molar-refractivity contribution is 0.0602. The Morgan fingerprint density at radius 1 is 1.12 bits per heavy atom. The highest BCUT2D eigenvalue weighted by Gasteiger charge is 2.13. The molecule has 0 atom stereocenters. The molecule has 17 heavy (non-hydrogen) atoms. The van der Waals surface area contributed by atoms with Gasteiger partial charge >= 0.3 is 5.97 Å². The number of esters is 1. The molecular formula is C14H17NO2. The SMILES string of the molecule is CC.COC(=O)c1c[nH]cc1-c1ccccc1. The summed E-state index contributed by atoms with van der Waals surface area (Å²) in [5.41, 5.74) is 2.42. The molecule has 3 nitrogen and oxygen atoms in total. The second kappa shape index (κ2) is 6.53. The smallest absolute Gasteiger partial charge is 0.340 e. The standard InChI is InChI=1S/C12H11NO2.C2H6/c1-15-12(14)11-8-13-7-10(11)9-5-3-2-4-6-9;1-2/h2-8,13H,1H3;1-2H3. The van der Waals surface area contributed by atoms with Gasteiger partial charge in [0.25, 0.3) is 0 Å². The summed E-state index contributed by atoms with van der Waals surface area (Å²) in [6.07, 6.45) is 3.44. The van der Waals surface area contributed by atoms with Crippen molar-refractivity contribution in [2.75, 3.05) is 7.11 Å². The van der Waals surface area contributed by atoms with Crippen LogP contribution in [0.3, 0.4) is 0 Å². The van der Waals surface area contributed by atoms with Gasteiger partial charge in [-0.25, -0.2) is 4.79 Å². The number of rotatable bonds is 2. The van der Waals surface area contributed by atoms with Crippen LogP contribution >= 0.6 is 0 Å². The Kier molecular flexibility index (Phi) is 5.01. The molecule has 1 heterocycles. The second-order valence-electron chi connectivity index (χ2n) is 3.14. The van der Waals surface area contributed by atoms with Gasteiger partial charge in [0.05, 0.1) is 12.7 Å². The van der Waals surface area contributed by atoms with E-state index in [-0.39, 0.29) is 5.97 Å². The Morgan fingerprint density at radius 3 is 2.35 bits per heavy atom. The van der Waals surface area contributed by atoms with Crippen LogP contribution in [0.25, 0.3) is 11.1 Å². The van der Waals surface area contributed by atoms with Gasteiger partial charge < -0.3 is 9.72 Å². The maximum absolute atomic E-state index is 11.4. The summed E-state index contributed by atoms with van der Waals surface area (Å²) in [4.78, 5) is 14.3. The van der Waals surface area contributed by atoms with Crippen LogP contribution in [-0.2, 0) is 4.74 Å². The minimum absolute atomic E-state index is 0.324. The average molecular weight is 231 g/mol. The molecule has 0 saturated heterocycles. The van der Waals surface area contributed by atoms with E-state index < -0.39 is 0 Å². The largest absolute Gasteiger partial charge is 0.465 e. The van der Waals surface area contributed by atoms with E-state index in [1.54, 1.807) is 12.4 Å². The summed E-state index contributed by atoms with van der Waals surface area (Å²) in [7, 11) is 1.38. The monoisotopic (exact) mass is 231 g/mol. The molecule has 0 aliphatic rings. The predicted octanol–water partition coefficient (Wildman–Crippen LogP) is 3.49. The van der Waals surface area contributed by atoms with E-state index in [0.29, 0.717) is 5.56 Å². The van der Waals surface area contributed by atoms with Crippen molar-refractivity contribution in [2.45, 2.75) is 13.8 Å². The van der Waals surface area contributed by atoms with Crippen LogP contribution < -0.4 is 0 Å². The van der Waals surface area contributed by atoms with Gasteiger partial charge in [-0.1, -0.05) is 44.2 Å². The van der Waals surface area contributed by atoms with Crippen molar-refractivity contribution < 1.29 is 9.53 Å². The Balaban J connectivity index is 0.000000686.